The molecule has 2 aromatic heterocycles. The number of aromatic nitrogens is 2. The molecule has 1 amide bonds. The number of rotatable bonds is 6. The maximum absolute atomic E-state index is 12.0. The van der Waals surface area contributed by atoms with Crippen LogP contribution in [-0.2, 0) is 17.8 Å². The van der Waals surface area contributed by atoms with Crippen molar-refractivity contribution in [2.24, 2.45) is 5.92 Å². The van der Waals surface area contributed by atoms with E-state index < -0.39 is 0 Å². The molecule has 0 aliphatic heterocycles. The van der Waals surface area contributed by atoms with Gasteiger partial charge < -0.3 is 9.15 Å². The number of hydrogen-bond donors (Lipinski definition) is 1. The van der Waals surface area contributed by atoms with Gasteiger partial charge >= 0.3 is 0 Å². The van der Waals surface area contributed by atoms with E-state index in [0.29, 0.717) is 23.4 Å². The van der Waals surface area contributed by atoms with E-state index in [4.69, 9.17) is 9.15 Å². The van der Waals surface area contributed by atoms with Gasteiger partial charge in [0, 0.05) is 13.5 Å². The molecule has 2 aromatic rings. The van der Waals surface area contributed by atoms with Gasteiger partial charge in [0.1, 0.15) is 17.4 Å². The van der Waals surface area contributed by atoms with Crippen LogP contribution in [0.4, 0.5) is 5.13 Å². The summed E-state index contributed by atoms with van der Waals surface area (Å²) >= 11 is 1.38. The average Bonchev–Trinajstić information content (AvgIpc) is 2.99. The van der Waals surface area contributed by atoms with Gasteiger partial charge in [0.05, 0.1) is 0 Å². The van der Waals surface area contributed by atoms with Gasteiger partial charge in [-0.25, -0.2) is 0 Å². The molecular weight excluding hydrogens is 278 g/mol. The summed E-state index contributed by atoms with van der Waals surface area (Å²) in [5, 5.41) is 12.1. The minimum absolute atomic E-state index is 0.234. The zero-order valence-electron chi connectivity index (χ0n) is 11.7. The van der Waals surface area contributed by atoms with Gasteiger partial charge in [0.2, 0.25) is 5.13 Å². The van der Waals surface area contributed by atoms with E-state index >= 15 is 0 Å². The largest absolute Gasteiger partial charge is 0.453 e. The van der Waals surface area contributed by atoms with Crippen molar-refractivity contribution in [2.45, 2.75) is 26.9 Å². The normalized spacial score (nSPS) is 11.0. The number of carbonyl (C=O) groups excluding carboxylic acids is 1. The van der Waals surface area contributed by atoms with Crippen LogP contribution in [0, 0.1) is 5.92 Å². The third-order valence-corrected chi connectivity index (χ3v) is 3.30. The summed E-state index contributed by atoms with van der Waals surface area (Å²) in [6.07, 6.45) is 0.853. The Bertz CT molecular complexity index is 577. The number of hydrogen-bond acceptors (Lipinski definition) is 6. The van der Waals surface area contributed by atoms with Crippen molar-refractivity contribution >= 4 is 22.4 Å². The van der Waals surface area contributed by atoms with Crippen LogP contribution in [0.15, 0.2) is 16.5 Å². The van der Waals surface area contributed by atoms with Crippen LogP contribution in [0.5, 0.6) is 0 Å². The maximum Gasteiger partial charge on any atom is 0.293 e. The van der Waals surface area contributed by atoms with Gasteiger partial charge in [-0.05, 0) is 18.1 Å². The molecule has 0 spiro atoms. The summed E-state index contributed by atoms with van der Waals surface area (Å²) in [7, 11) is 1.57. The first-order valence-corrected chi connectivity index (χ1v) is 7.11. The lowest BCUT2D eigenvalue weighted by atomic mass is 10.1. The second-order valence-corrected chi connectivity index (χ2v) is 5.81. The monoisotopic (exact) mass is 295 g/mol. The second kappa shape index (κ2) is 6.62. The third kappa shape index (κ3) is 3.88. The number of methoxy groups -OCH3 is 1. The summed E-state index contributed by atoms with van der Waals surface area (Å²) < 4.78 is 10.3. The highest BCUT2D eigenvalue weighted by Gasteiger charge is 2.14. The fraction of sp³-hybridized carbons (Fsp3) is 0.462. The predicted molar refractivity (Wildman–Crippen MR) is 75.8 cm³/mol. The molecular formula is C13H17N3O3S. The Hall–Kier alpha value is -1.73. The molecule has 0 radical (unpaired) electrons. The topological polar surface area (TPSA) is 77.2 Å². The first-order valence-electron chi connectivity index (χ1n) is 6.30. The quantitative estimate of drug-likeness (QED) is 0.886. The Morgan fingerprint density at radius 1 is 1.45 bits per heavy atom. The first-order chi connectivity index (χ1) is 9.58. The third-order valence-electron chi connectivity index (χ3n) is 2.44. The molecule has 7 heteroatoms. The van der Waals surface area contributed by atoms with E-state index in [1.54, 1.807) is 19.2 Å². The zero-order valence-corrected chi connectivity index (χ0v) is 12.5. The number of nitrogens with zero attached hydrogens (tertiary/aromatic N) is 2. The second-order valence-electron chi connectivity index (χ2n) is 4.75. The smallest absolute Gasteiger partial charge is 0.293 e. The first kappa shape index (κ1) is 14.7. The van der Waals surface area contributed by atoms with E-state index in [2.05, 4.69) is 29.4 Å². The predicted octanol–water partition coefficient (Wildman–Crippen LogP) is 2.73. The molecule has 0 aliphatic carbocycles. The van der Waals surface area contributed by atoms with Crippen molar-refractivity contribution in [3.63, 3.8) is 0 Å². The lowest BCUT2D eigenvalue weighted by Gasteiger charge is -1.98. The molecule has 0 fully saturated rings. The van der Waals surface area contributed by atoms with Crippen molar-refractivity contribution in [1.82, 2.24) is 10.2 Å². The number of amides is 1. The number of anilines is 1. The minimum atomic E-state index is -0.334. The van der Waals surface area contributed by atoms with Crippen molar-refractivity contribution in [3.8, 4) is 0 Å². The van der Waals surface area contributed by atoms with Crippen molar-refractivity contribution in [2.75, 3.05) is 12.4 Å². The SMILES string of the molecule is COCc1ccc(C(=O)Nc2nnc(CC(C)C)s2)o1. The summed E-state index contributed by atoms with van der Waals surface area (Å²) in [6, 6.07) is 3.32. The number of nitrogens with one attached hydrogen (secondary N) is 1. The molecule has 2 rings (SSSR count). The van der Waals surface area contributed by atoms with Crippen LogP contribution in [0.2, 0.25) is 0 Å². The summed E-state index contributed by atoms with van der Waals surface area (Å²) in [4.78, 5) is 12.0. The van der Waals surface area contributed by atoms with E-state index in [1.165, 1.54) is 11.3 Å². The molecule has 0 aliphatic rings. The van der Waals surface area contributed by atoms with Gasteiger partial charge in [0.25, 0.3) is 5.91 Å². The average molecular weight is 295 g/mol. The lowest BCUT2D eigenvalue weighted by molar-refractivity contribution is 0.0987. The molecule has 1 N–H and O–H groups in total. The number of carbonyl (C=O) groups is 1. The van der Waals surface area contributed by atoms with Crippen LogP contribution in [0.1, 0.15) is 35.2 Å². The molecule has 20 heavy (non-hydrogen) atoms. The van der Waals surface area contributed by atoms with Gasteiger partial charge in [-0.3, -0.25) is 10.1 Å². The molecule has 108 valence electrons. The Morgan fingerprint density at radius 3 is 2.95 bits per heavy atom. The molecule has 0 aromatic carbocycles. The fourth-order valence-corrected chi connectivity index (χ4v) is 2.56. The van der Waals surface area contributed by atoms with Crippen LogP contribution < -0.4 is 5.32 Å². The molecule has 0 bridgehead atoms. The van der Waals surface area contributed by atoms with Crippen LogP contribution in [-0.4, -0.2) is 23.2 Å². The lowest BCUT2D eigenvalue weighted by Crippen LogP contribution is -2.10. The van der Waals surface area contributed by atoms with Crippen LogP contribution in [0.3, 0.4) is 0 Å². The number of furan rings is 1. The van der Waals surface area contributed by atoms with Gasteiger partial charge in [0.15, 0.2) is 5.76 Å². The van der Waals surface area contributed by atoms with Gasteiger partial charge in [-0.2, -0.15) is 0 Å². The summed E-state index contributed by atoms with van der Waals surface area (Å²) in [6.45, 7) is 4.56. The molecule has 2 heterocycles. The number of ether oxygens (including phenoxy) is 1. The highest BCUT2D eigenvalue weighted by atomic mass is 32.1. The molecule has 0 saturated heterocycles. The van der Waals surface area contributed by atoms with Crippen LogP contribution in [0.25, 0.3) is 0 Å². The maximum atomic E-state index is 12.0. The standard InChI is InChI=1S/C13H17N3O3S/c1-8(2)6-11-15-16-13(20-11)14-12(17)10-5-4-9(19-10)7-18-3/h4-5,8H,6-7H2,1-3H3,(H,14,16,17). The van der Waals surface area contributed by atoms with Gasteiger partial charge in [-0.15, -0.1) is 10.2 Å². The molecule has 6 nitrogen and oxygen atoms in total. The van der Waals surface area contributed by atoms with E-state index in [1.807, 2.05) is 0 Å². The highest BCUT2D eigenvalue weighted by molar-refractivity contribution is 7.15. The minimum Gasteiger partial charge on any atom is -0.453 e. The molecule has 0 atom stereocenters. The van der Waals surface area contributed by atoms with E-state index in [9.17, 15) is 4.79 Å². The Balaban J connectivity index is 1.97. The van der Waals surface area contributed by atoms with Crippen molar-refractivity contribution in [3.05, 3.63) is 28.7 Å². The zero-order chi connectivity index (χ0) is 14.5. The van der Waals surface area contributed by atoms with E-state index in [0.717, 1.165) is 11.4 Å². The molecule has 0 saturated carbocycles. The summed E-state index contributed by atoms with van der Waals surface area (Å²) in [5.41, 5.74) is 0. The van der Waals surface area contributed by atoms with Crippen molar-refractivity contribution < 1.29 is 13.9 Å². The Morgan fingerprint density at radius 2 is 2.25 bits per heavy atom. The van der Waals surface area contributed by atoms with Crippen LogP contribution >= 0.6 is 11.3 Å². The van der Waals surface area contributed by atoms with Gasteiger partial charge in [-0.1, -0.05) is 25.2 Å². The van der Waals surface area contributed by atoms with Crippen molar-refractivity contribution in [1.29, 1.82) is 0 Å². The Labute approximate surface area is 121 Å². The summed E-state index contributed by atoms with van der Waals surface area (Å²) in [5.74, 6) is 1.01. The Kier molecular flexibility index (Phi) is 4.86. The fourth-order valence-electron chi connectivity index (χ4n) is 1.61. The van der Waals surface area contributed by atoms with E-state index in [-0.39, 0.29) is 11.7 Å². The molecule has 0 unspecified atom stereocenters. The highest BCUT2D eigenvalue weighted by Crippen LogP contribution is 2.19.